The Labute approximate surface area is 214 Å². The van der Waals surface area contributed by atoms with Crippen LogP contribution >= 0.6 is 11.6 Å². The van der Waals surface area contributed by atoms with E-state index in [0.717, 1.165) is 33.2 Å². The lowest BCUT2D eigenvalue weighted by molar-refractivity contribution is 0.0950. The second-order valence-corrected chi connectivity index (χ2v) is 9.15. The first-order valence-electron chi connectivity index (χ1n) is 11.7. The maximum absolute atomic E-state index is 12.8. The van der Waals surface area contributed by atoms with Crippen LogP contribution < -0.4 is 10.9 Å². The van der Waals surface area contributed by atoms with Crippen molar-refractivity contribution in [1.82, 2.24) is 14.9 Å². The maximum atomic E-state index is 12.8. The molecule has 6 heteroatoms. The number of halogens is 1. The lowest BCUT2D eigenvalue weighted by Crippen LogP contribution is -2.23. The summed E-state index contributed by atoms with van der Waals surface area (Å²) in [4.78, 5) is 29.2. The average molecular weight is 494 g/mol. The molecule has 1 amide bonds. The van der Waals surface area contributed by atoms with Gasteiger partial charge in [0, 0.05) is 34.4 Å². The quantitative estimate of drug-likeness (QED) is 0.320. The van der Waals surface area contributed by atoms with E-state index in [1.165, 1.54) is 0 Å². The lowest BCUT2D eigenvalue weighted by atomic mass is 10.0. The van der Waals surface area contributed by atoms with Crippen LogP contribution in [0, 0.1) is 0 Å². The Kier molecular flexibility index (Phi) is 6.92. The van der Waals surface area contributed by atoms with E-state index in [4.69, 9.17) is 11.6 Å². The highest BCUT2D eigenvalue weighted by Gasteiger charge is 2.08. The number of pyridine rings is 2. The van der Waals surface area contributed by atoms with Crippen molar-refractivity contribution >= 4 is 28.3 Å². The third-order valence-corrected chi connectivity index (χ3v) is 6.28. The predicted octanol–water partition coefficient (Wildman–Crippen LogP) is 5.62. The van der Waals surface area contributed by atoms with E-state index >= 15 is 0 Å². The molecule has 1 N–H and O–H groups in total. The lowest BCUT2D eigenvalue weighted by Gasteiger charge is -2.09. The highest BCUT2D eigenvalue weighted by atomic mass is 35.5. The number of nitrogens with zero attached hydrogens (tertiary/aromatic N) is 2. The third kappa shape index (κ3) is 5.70. The van der Waals surface area contributed by atoms with Crippen molar-refractivity contribution in [1.29, 1.82) is 0 Å². The van der Waals surface area contributed by atoms with Crippen LogP contribution in [0.15, 0.2) is 108 Å². The summed E-state index contributed by atoms with van der Waals surface area (Å²) in [5, 5.41) is 5.62. The van der Waals surface area contributed by atoms with E-state index in [9.17, 15) is 9.59 Å². The van der Waals surface area contributed by atoms with Crippen LogP contribution in [0.25, 0.3) is 10.8 Å². The standard InChI is InChI=1S/C30H24ClN3O2/c31-27-12-11-25-18-32-28(17-26(25)16-27)19-33-30(36)24-5-3-4-23(15-24)14-21-7-9-22(10-8-21)20-34-13-2-1-6-29(34)35/h1-13,15-18H,14,19-20H2,(H,33,36). The van der Waals surface area contributed by atoms with Crippen molar-refractivity contribution in [3.05, 3.63) is 147 Å². The molecule has 3 aromatic carbocycles. The van der Waals surface area contributed by atoms with Crippen molar-refractivity contribution < 1.29 is 4.79 Å². The molecule has 0 aliphatic carbocycles. The number of fused-ring (bicyclic) bond motifs is 1. The summed E-state index contributed by atoms with van der Waals surface area (Å²) in [5.74, 6) is -0.145. The van der Waals surface area contributed by atoms with Gasteiger partial charge >= 0.3 is 0 Å². The number of benzene rings is 3. The van der Waals surface area contributed by atoms with Gasteiger partial charge in [0.2, 0.25) is 0 Å². The number of hydrogen-bond donors (Lipinski definition) is 1. The van der Waals surface area contributed by atoms with Gasteiger partial charge in [-0.2, -0.15) is 0 Å². The van der Waals surface area contributed by atoms with Crippen LogP contribution in [0.2, 0.25) is 5.02 Å². The number of carbonyl (C=O) groups is 1. The largest absolute Gasteiger partial charge is 0.346 e. The van der Waals surface area contributed by atoms with Crippen molar-refractivity contribution in [2.24, 2.45) is 0 Å². The van der Waals surface area contributed by atoms with Gasteiger partial charge in [-0.25, -0.2) is 0 Å². The van der Waals surface area contributed by atoms with Crippen LogP contribution in [0.4, 0.5) is 0 Å². The summed E-state index contributed by atoms with van der Waals surface area (Å²) < 4.78 is 1.68. The molecule has 0 saturated carbocycles. The van der Waals surface area contributed by atoms with Crippen molar-refractivity contribution in [2.45, 2.75) is 19.5 Å². The highest BCUT2D eigenvalue weighted by molar-refractivity contribution is 6.31. The van der Waals surface area contributed by atoms with Crippen LogP contribution in [0.1, 0.15) is 32.7 Å². The molecular weight excluding hydrogens is 470 g/mol. The minimum absolute atomic E-state index is 0.0162. The molecule has 5 nitrogen and oxygen atoms in total. The fraction of sp³-hybridized carbons (Fsp3) is 0.100. The second-order valence-electron chi connectivity index (χ2n) is 8.71. The summed E-state index contributed by atoms with van der Waals surface area (Å²) in [7, 11) is 0. The molecule has 2 heterocycles. The van der Waals surface area contributed by atoms with Crippen LogP contribution in [-0.4, -0.2) is 15.5 Å². The summed E-state index contributed by atoms with van der Waals surface area (Å²) >= 11 is 6.10. The van der Waals surface area contributed by atoms with Gasteiger partial charge in [-0.1, -0.05) is 60.1 Å². The molecule has 36 heavy (non-hydrogen) atoms. The molecule has 0 saturated heterocycles. The van der Waals surface area contributed by atoms with Gasteiger partial charge in [-0.05, 0) is 64.9 Å². The molecule has 0 atom stereocenters. The number of carbonyl (C=O) groups excluding carboxylic acids is 1. The Morgan fingerprint density at radius 2 is 1.67 bits per heavy atom. The molecule has 0 unspecified atom stereocenters. The van der Waals surface area contributed by atoms with E-state index in [-0.39, 0.29) is 11.5 Å². The molecule has 0 bridgehead atoms. The zero-order valence-corrected chi connectivity index (χ0v) is 20.3. The van der Waals surface area contributed by atoms with Crippen LogP contribution in [0.3, 0.4) is 0 Å². The normalized spacial score (nSPS) is 10.9. The molecule has 178 valence electrons. The van der Waals surface area contributed by atoms with E-state index in [1.54, 1.807) is 29.1 Å². The molecule has 5 aromatic rings. The monoisotopic (exact) mass is 493 g/mol. The Morgan fingerprint density at radius 1 is 0.833 bits per heavy atom. The van der Waals surface area contributed by atoms with Gasteiger partial charge in [0.25, 0.3) is 11.5 Å². The van der Waals surface area contributed by atoms with Crippen LogP contribution in [0.5, 0.6) is 0 Å². The van der Waals surface area contributed by atoms with Gasteiger partial charge in [0.15, 0.2) is 0 Å². The summed E-state index contributed by atoms with van der Waals surface area (Å²) in [6.07, 6.45) is 4.29. The zero-order valence-electron chi connectivity index (χ0n) is 19.5. The summed E-state index contributed by atoms with van der Waals surface area (Å²) in [6, 6.07) is 28.6. The highest BCUT2D eigenvalue weighted by Crippen LogP contribution is 2.19. The Bertz CT molecular complexity index is 1590. The molecule has 0 aliphatic heterocycles. The van der Waals surface area contributed by atoms with Gasteiger partial charge in [-0.15, -0.1) is 0 Å². The second kappa shape index (κ2) is 10.6. The molecule has 2 aromatic heterocycles. The summed E-state index contributed by atoms with van der Waals surface area (Å²) in [6.45, 7) is 0.867. The number of hydrogen-bond acceptors (Lipinski definition) is 3. The molecule has 0 aliphatic rings. The Morgan fingerprint density at radius 3 is 2.50 bits per heavy atom. The van der Waals surface area contributed by atoms with Gasteiger partial charge in [0.1, 0.15) is 0 Å². The smallest absolute Gasteiger partial charge is 0.251 e. The van der Waals surface area contributed by atoms with Crippen LogP contribution in [-0.2, 0) is 19.5 Å². The SMILES string of the molecule is O=C(NCc1cc2cc(Cl)ccc2cn1)c1cccc(Cc2ccc(Cn3ccccc3=O)cc2)c1. The fourth-order valence-corrected chi connectivity index (χ4v) is 4.32. The first-order valence-corrected chi connectivity index (χ1v) is 12.1. The number of nitrogens with one attached hydrogen (secondary N) is 1. The van der Waals surface area contributed by atoms with Crippen molar-refractivity contribution in [3.63, 3.8) is 0 Å². The molecule has 5 rings (SSSR count). The zero-order chi connectivity index (χ0) is 24.9. The number of amides is 1. The molecule has 0 radical (unpaired) electrons. The topological polar surface area (TPSA) is 64.0 Å². The molecule has 0 fully saturated rings. The van der Waals surface area contributed by atoms with Gasteiger partial charge in [0.05, 0.1) is 18.8 Å². The van der Waals surface area contributed by atoms with E-state index in [0.29, 0.717) is 30.1 Å². The minimum Gasteiger partial charge on any atom is -0.346 e. The van der Waals surface area contributed by atoms with E-state index in [1.807, 2.05) is 66.7 Å². The van der Waals surface area contributed by atoms with E-state index < -0.39 is 0 Å². The third-order valence-electron chi connectivity index (χ3n) is 6.04. The average Bonchev–Trinajstić information content (AvgIpc) is 2.89. The van der Waals surface area contributed by atoms with Gasteiger partial charge in [-0.3, -0.25) is 14.6 Å². The van der Waals surface area contributed by atoms with Crippen molar-refractivity contribution in [2.75, 3.05) is 0 Å². The minimum atomic E-state index is -0.145. The fourth-order valence-electron chi connectivity index (χ4n) is 4.14. The maximum Gasteiger partial charge on any atom is 0.251 e. The van der Waals surface area contributed by atoms with E-state index in [2.05, 4.69) is 22.4 Å². The van der Waals surface area contributed by atoms with Crippen molar-refractivity contribution in [3.8, 4) is 0 Å². The first kappa shape index (κ1) is 23.5. The number of rotatable bonds is 7. The molecule has 0 spiro atoms. The first-order chi connectivity index (χ1) is 17.5. The van der Waals surface area contributed by atoms with Gasteiger partial charge < -0.3 is 9.88 Å². The predicted molar refractivity (Wildman–Crippen MR) is 143 cm³/mol. The summed E-state index contributed by atoms with van der Waals surface area (Å²) in [5.41, 5.74) is 4.61. The molecular formula is C30H24ClN3O2. The Balaban J connectivity index is 1.22. The Hall–Kier alpha value is -4.22. The number of aromatic nitrogens is 2.